The van der Waals surface area contributed by atoms with Gasteiger partial charge >= 0.3 is 0 Å². The molecule has 2 nitrogen and oxygen atoms in total. The van der Waals surface area contributed by atoms with Crippen LogP contribution in [0.5, 0.6) is 5.75 Å². The molecule has 1 saturated heterocycles. The van der Waals surface area contributed by atoms with Crippen molar-refractivity contribution in [3.63, 3.8) is 0 Å². The number of benzene rings is 1. The molecule has 0 spiro atoms. The van der Waals surface area contributed by atoms with Gasteiger partial charge in [0.2, 0.25) is 0 Å². The molecule has 0 saturated carbocycles. The topological polar surface area (TPSA) is 18.5 Å². The maximum atomic E-state index is 6.75. The smallest absolute Gasteiger partial charge is 0.133 e. The lowest BCUT2D eigenvalue weighted by atomic mass is 9.84. The van der Waals surface area contributed by atoms with Crippen LogP contribution in [0.4, 0.5) is 0 Å². The molecule has 1 aliphatic heterocycles. The maximum Gasteiger partial charge on any atom is 0.133 e. The van der Waals surface area contributed by atoms with Crippen LogP contribution in [0.3, 0.4) is 0 Å². The molecule has 0 radical (unpaired) electrons. The fourth-order valence-electron chi connectivity index (χ4n) is 3.04. The summed E-state index contributed by atoms with van der Waals surface area (Å²) in [6.45, 7) is 9.30. The molecule has 0 amide bonds. The fraction of sp³-hybridized carbons (Fsp3) is 0.647. The van der Waals surface area contributed by atoms with E-state index in [0.29, 0.717) is 11.8 Å². The molecule has 0 aromatic heterocycles. The van der Waals surface area contributed by atoms with Gasteiger partial charge in [-0.15, -0.1) is 11.6 Å². The Bertz CT molecular complexity index is 480. The minimum Gasteiger partial charge on any atom is -0.492 e. The Kier molecular flexibility index (Phi) is 5.98. The highest BCUT2D eigenvalue weighted by Gasteiger charge is 2.41. The Morgan fingerprint density at radius 3 is 2.52 bits per heavy atom. The minimum absolute atomic E-state index is 0.0449. The second kappa shape index (κ2) is 7.34. The first kappa shape index (κ1) is 17.1. The van der Waals surface area contributed by atoms with E-state index in [1.807, 2.05) is 6.07 Å². The quantitative estimate of drug-likeness (QED) is 0.626. The molecule has 1 aromatic carbocycles. The van der Waals surface area contributed by atoms with Gasteiger partial charge in [-0.2, -0.15) is 0 Å². The Balaban J connectivity index is 2.16. The first-order chi connectivity index (χ1) is 9.95. The summed E-state index contributed by atoms with van der Waals surface area (Å²) in [7, 11) is 0. The number of alkyl halides is 1. The lowest BCUT2D eigenvalue weighted by Gasteiger charge is -2.24. The summed E-state index contributed by atoms with van der Waals surface area (Å²) in [5.74, 6) is 1.66. The summed E-state index contributed by atoms with van der Waals surface area (Å²) in [5, 5.41) is -0.0449. The number of halogens is 2. The molecule has 4 heteroatoms. The predicted octanol–water partition coefficient (Wildman–Crippen LogP) is 5.58. The minimum atomic E-state index is -0.0449. The van der Waals surface area contributed by atoms with E-state index in [-0.39, 0.29) is 17.6 Å². The molecule has 0 bridgehead atoms. The van der Waals surface area contributed by atoms with Crippen LogP contribution in [-0.2, 0) is 4.74 Å². The fourth-order valence-corrected chi connectivity index (χ4v) is 4.12. The number of hydrogen-bond donors (Lipinski definition) is 0. The second-order valence-corrected chi connectivity index (χ2v) is 7.25. The first-order valence-corrected chi connectivity index (χ1v) is 8.90. The molecule has 118 valence electrons. The highest BCUT2D eigenvalue weighted by Crippen LogP contribution is 2.45. The van der Waals surface area contributed by atoms with Crippen LogP contribution < -0.4 is 4.74 Å². The Morgan fingerprint density at radius 1 is 1.29 bits per heavy atom. The van der Waals surface area contributed by atoms with E-state index in [1.54, 1.807) is 0 Å². The highest BCUT2D eigenvalue weighted by molar-refractivity contribution is 9.10. The van der Waals surface area contributed by atoms with Gasteiger partial charge in [0.05, 0.1) is 28.7 Å². The molecule has 0 aliphatic carbocycles. The van der Waals surface area contributed by atoms with Crippen molar-refractivity contribution in [1.29, 1.82) is 0 Å². The molecule has 0 N–H and O–H groups in total. The largest absolute Gasteiger partial charge is 0.492 e. The van der Waals surface area contributed by atoms with Crippen LogP contribution in [-0.4, -0.2) is 18.8 Å². The number of hydrogen-bond acceptors (Lipinski definition) is 2. The van der Waals surface area contributed by atoms with Gasteiger partial charge in [0, 0.05) is 5.92 Å². The summed E-state index contributed by atoms with van der Waals surface area (Å²) >= 11 is 10.3. The van der Waals surface area contributed by atoms with Crippen molar-refractivity contribution in [1.82, 2.24) is 0 Å². The van der Waals surface area contributed by atoms with Crippen LogP contribution in [0, 0.1) is 11.8 Å². The van der Waals surface area contributed by atoms with Crippen LogP contribution in [0.25, 0.3) is 0 Å². The Labute approximate surface area is 141 Å². The third-order valence-electron chi connectivity index (χ3n) is 4.39. The van der Waals surface area contributed by atoms with Crippen molar-refractivity contribution in [2.24, 2.45) is 11.8 Å². The van der Waals surface area contributed by atoms with Crippen molar-refractivity contribution in [2.45, 2.75) is 51.7 Å². The standard InChI is InChI=1S/C17H24BrClO2/c1-5-8-20-15-7-6-13(9-14(15)18)17(19)16-10(2)11(3)21-12(16)4/h6-7,9-12,16-17H,5,8H2,1-4H3. The first-order valence-electron chi connectivity index (χ1n) is 7.67. The van der Waals surface area contributed by atoms with Gasteiger partial charge in [-0.05, 0) is 59.8 Å². The zero-order valence-electron chi connectivity index (χ0n) is 13.1. The molecular formula is C17H24BrClO2. The third-order valence-corrected chi connectivity index (χ3v) is 5.56. The molecule has 21 heavy (non-hydrogen) atoms. The van der Waals surface area contributed by atoms with Gasteiger partial charge in [-0.1, -0.05) is 19.9 Å². The zero-order chi connectivity index (χ0) is 15.6. The molecule has 1 aliphatic rings. The molecule has 1 fully saturated rings. The predicted molar refractivity (Wildman–Crippen MR) is 91.2 cm³/mol. The van der Waals surface area contributed by atoms with Gasteiger partial charge in [-0.25, -0.2) is 0 Å². The van der Waals surface area contributed by atoms with Crippen LogP contribution in [0.2, 0.25) is 0 Å². The van der Waals surface area contributed by atoms with E-state index in [9.17, 15) is 0 Å². The summed E-state index contributed by atoms with van der Waals surface area (Å²) in [5.41, 5.74) is 1.12. The number of ether oxygens (including phenoxy) is 2. The van der Waals surface area contributed by atoms with E-state index in [4.69, 9.17) is 21.1 Å². The summed E-state index contributed by atoms with van der Waals surface area (Å²) in [6, 6.07) is 6.14. The van der Waals surface area contributed by atoms with Gasteiger partial charge in [0.25, 0.3) is 0 Å². The van der Waals surface area contributed by atoms with Gasteiger partial charge in [-0.3, -0.25) is 0 Å². The summed E-state index contributed by atoms with van der Waals surface area (Å²) < 4.78 is 12.6. The highest BCUT2D eigenvalue weighted by atomic mass is 79.9. The van der Waals surface area contributed by atoms with Crippen LogP contribution in [0.1, 0.15) is 45.1 Å². The second-order valence-electron chi connectivity index (χ2n) is 5.92. The summed E-state index contributed by atoms with van der Waals surface area (Å²) in [6.07, 6.45) is 1.45. The van der Waals surface area contributed by atoms with E-state index in [0.717, 1.165) is 28.8 Å². The molecular weight excluding hydrogens is 352 g/mol. The van der Waals surface area contributed by atoms with Crippen LogP contribution >= 0.6 is 27.5 Å². The maximum absolute atomic E-state index is 6.75. The van der Waals surface area contributed by atoms with Gasteiger partial charge in [0.1, 0.15) is 5.75 Å². The Morgan fingerprint density at radius 2 is 2.00 bits per heavy atom. The molecule has 1 heterocycles. The molecule has 1 aromatic rings. The van der Waals surface area contributed by atoms with E-state index in [1.165, 1.54) is 0 Å². The SMILES string of the molecule is CCCOc1ccc(C(Cl)C2C(C)OC(C)C2C)cc1Br. The van der Waals surface area contributed by atoms with Crippen molar-refractivity contribution in [3.8, 4) is 5.75 Å². The molecule has 5 unspecified atom stereocenters. The van der Waals surface area contributed by atoms with Crippen molar-refractivity contribution < 1.29 is 9.47 Å². The monoisotopic (exact) mass is 374 g/mol. The van der Waals surface area contributed by atoms with E-state index >= 15 is 0 Å². The van der Waals surface area contributed by atoms with E-state index < -0.39 is 0 Å². The zero-order valence-corrected chi connectivity index (χ0v) is 15.4. The van der Waals surface area contributed by atoms with Gasteiger partial charge in [0.15, 0.2) is 0 Å². The lowest BCUT2D eigenvalue weighted by Crippen LogP contribution is -2.22. The third kappa shape index (κ3) is 3.75. The van der Waals surface area contributed by atoms with Crippen molar-refractivity contribution >= 4 is 27.5 Å². The Hall–Kier alpha value is -0.250. The molecule has 2 rings (SSSR count). The van der Waals surface area contributed by atoms with E-state index in [2.05, 4.69) is 55.8 Å². The van der Waals surface area contributed by atoms with Gasteiger partial charge < -0.3 is 9.47 Å². The molecule has 5 atom stereocenters. The average molecular weight is 376 g/mol. The normalized spacial score (nSPS) is 30.4. The van der Waals surface area contributed by atoms with Crippen LogP contribution in [0.15, 0.2) is 22.7 Å². The average Bonchev–Trinajstić information content (AvgIpc) is 2.70. The summed E-state index contributed by atoms with van der Waals surface area (Å²) in [4.78, 5) is 0. The van der Waals surface area contributed by atoms with Crippen molar-refractivity contribution in [2.75, 3.05) is 6.61 Å². The van der Waals surface area contributed by atoms with Crippen molar-refractivity contribution in [3.05, 3.63) is 28.2 Å². The lowest BCUT2D eigenvalue weighted by molar-refractivity contribution is 0.0508. The number of rotatable bonds is 5.